The lowest BCUT2D eigenvalue weighted by atomic mass is 10.1. The van der Waals surface area contributed by atoms with Crippen molar-refractivity contribution >= 4 is 11.3 Å². The van der Waals surface area contributed by atoms with Crippen LogP contribution < -0.4 is 5.32 Å². The second kappa shape index (κ2) is 8.22. The van der Waals surface area contributed by atoms with Gasteiger partial charge in [0.1, 0.15) is 11.1 Å². The summed E-state index contributed by atoms with van der Waals surface area (Å²) in [7, 11) is 0. The molecule has 5 heteroatoms. The molecule has 0 saturated carbocycles. The summed E-state index contributed by atoms with van der Waals surface area (Å²) in [5.41, 5.74) is 1.25. The Morgan fingerprint density at radius 2 is 2.24 bits per heavy atom. The van der Waals surface area contributed by atoms with Crippen LogP contribution in [0.1, 0.15) is 61.7 Å². The Kier molecular flexibility index (Phi) is 6.61. The zero-order valence-corrected chi connectivity index (χ0v) is 14.6. The van der Waals surface area contributed by atoms with E-state index in [1.807, 2.05) is 11.3 Å². The summed E-state index contributed by atoms with van der Waals surface area (Å²) in [6.45, 7) is 14.8. The molecule has 0 bridgehead atoms. The van der Waals surface area contributed by atoms with E-state index in [1.165, 1.54) is 17.0 Å². The molecule has 0 aromatic carbocycles. The van der Waals surface area contributed by atoms with E-state index in [4.69, 9.17) is 9.72 Å². The third-order valence-electron chi connectivity index (χ3n) is 3.88. The molecule has 1 unspecified atom stereocenters. The highest BCUT2D eigenvalue weighted by Gasteiger charge is 2.25. The highest BCUT2D eigenvalue weighted by atomic mass is 32.1. The Bertz CT molecular complexity index is 433. The van der Waals surface area contributed by atoms with E-state index in [-0.39, 0.29) is 6.10 Å². The van der Waals surface area contributed by atoms with E-state index < -0.39 is 0 Å². The molecule has 2 heterocycles. The number of aromatic nitrogens is 1. The molecule has 1 fully saturated rings. The Labute approximate surface area is 132 Å². The molecule has 0 amide bonds. The van der Waals surface area contributed by atoms with Gasteiger partial charge in [-0.2, -0.15) is 0 Å². The first-order valence-electron chi connectivity index (χ1n) is 8.19. The predicted molar refractivity (Wildman–Crippen MR) is 89.0 cm³/mol. The van der Waals surface area contributed by atoms with E-state index in [0.717, 1.165) is 44.3 Å². The number of rotatable bonds is 7. The second-order valence-electron chi connectivity index (χ2n) is 5.94. The van der Waals surface area contributed by atoms with E-state index in [1.54, 1.807) is 0 Å². The fourth-order valence-electron chi connectivity index (χ4n) is 2.62. The summed E-state index contributed by atoms with van der Waals surface area (Å²) < 4.78 is 5.96. The van der Waals surface area contributed by atoms with Crippen LogP contribution in [0.5, 0.6) is 0 Å². The van der Waals surface area contributed by atoms with Gasteiger partial charge in [-0.25, -0.2) is 4.98 Å². The number of hydrogen-bond acceptors (Lipinski definition) is 5. The van der Waals surface area contributed by atoms with Crippen molar-refractivity contribution in [2.75, 3.05) is 32.8 Å². The standard InChI is InChI=1S/C16H29N3OS/c1-5-7-17-10-14-15(12(3)4)18-16(21-14)13-11-19(6-2)8-9-20-13/h12-13,17H,5-11H2,1-4H3. The summed E-state index contributed by atoms with van der Waals surface area (Å²) >= 11 is 1.83. The molecule has 21 heavy (non-hydrogen) atoms. The molecule has 1 aromatic heterocycles. The van der Waals surface area contributed by atoms with Crippen molar-refractivity contribution < 1.29 is 4.74 Å². The Morgan fingerprint density at radius 3 is 2.90 bits per heavy atom. The Balaban J connectivity index is 2.10. The molecule has 120 valence electrons. The molecule has 1 aromatic rings. The van der Waals surface area contributed by atoms with Crippen LogP contribution in [0.2, 0.25) is 0 Å². The average molecular weight is 311 g/mol. The van der Waals surface area contributed by atoms with E-state index in [2.05, 4.69) is 37.9 Å². The molecule has 2 rings (SSSR count). The highest BCUT2D eigenvalue weighted by Crippen LogP contribution is 2.31. The maximum atomic E-state index is 5.96. The summed E-state index contributed by atoms with van der Waals surface area (Å²) in [5.74, 6) is 0.472. The smallest absolute Gasteiger partial charge is 0.123 e. The number of nitrogens with one attached hydrogen (secondary N) is 1. The molecular weight excluding hydrogens is 282 g/mol. The van der Waals surface area contributed by atoms with Gasteiger partial charge in [0.15, 0.2) is 0 Å². The molecule has 4 nitrogen and oxygen atoms in total. The SMILES string of the molecule is CCCNCc1sc(C2CN(CC)CCO2)nc1C(C)C. The van der Waals surface area contributed by atoms with Crippen LogP contribution >= 0.6 is 11.3 Å². The van der Waals surface area contributed by atoms with Gasteiger partial charge in [0.2, 0.25) is 0 Å². The van der Waals surface area contributed by atoms with E-state index >= 15 is 0 Å². The number of morpholine rings is 1. The Hall–Kier alpha value is -0.490. The largest absolute Gasteiger partial charge is 0.368 e. The predicted octanol–water partition coefficient (Wildman–Crippen LogP) is 3.16. The summed E-state index contributed by atoms with van der Waals surface area (Å²) in [5, 5.41) is 4.66. The van der Waals surface area contributed by atoms with Crippen molar-refractivity contribution in [3.05, 3.63) is 15.6 Å². The van der Waals surface area contributed by atoms with Gasteiger partial charge in [-0.15, -0.1) is 11.3 Å². The van der Waals surface area contributed by atoms with Gasteiger partial charge in [-0.3, -0.25) is 4.90 Å². The van der Waals surface area contributed by atoms with Crippen molar-refractivity contribution in [2.24, 2.45) is 0 Å². The molecular formula is C16H29N3OS. The minimum Gasteiger partial charge on any atom is -0.368 e. The van der Waals surface area contributed by atoms with Crippen LogP contribution in [-0.4, -0.2) is 42.7 Å². The zero-order valence-electron chi connectivity index (χ0n) is 13.8. The first kappa shape index (κ1) is 16.9. The second-order valence-corrected chi connectivity index (χ2v) is 7.06. The molecule has 0 radical (unpaired) electrons. The van der Waals surface area contributed by atoms with Gasteiger partial charge in [-0.1, -0.05) is 27.7 Å². The van der Waals surface area contributed by atoms with Crippen LogP contribution in [-0.2, 0) is 11.3 Å². The van der Waals surface area contributed by atoms with Crippen molar-refractivity contribution in [1.29, 1.82) is 0 Å². The van der Waals surface area contributed by atoms with Gasteiger partial charge < -0.3 is 10.1 Å². The van der Waals surface area contributed by atoms with Crippen molar-refractivity contribution in [2.45, 2.75) is 52.7 Å². The van der Waals surface area contributed by atoms with Gasteiger partial charge in [0.25, 0.3) is 0 Å². The Morgan fingerprint density at radius 1 is 1.43 bits per heavy atom. The lowest BCUT2D eigenvalue weighted by Gasteiger charge is -2.30. The first-order chi connectivity index (χ1) is 10.2. The maximum absolute atomic E-state index is 5.96. The number of likely N-dealkylation sites (N-methyl/N-ethyl adjacent to an activating group) is 1. The minimum absolute atomic E-state index is 0.154. The van der Waals surface area contributed by atoms with Gasteiger partial charge >= 0.3 is 0 Å². The third kappa shape index (κ3) is 4.49. The molecule has 1 atom stereocenters. The molecule has 1 aliphatic rings. The minimum atomic E-state index is 0.154. The van der Waals surface area contributed by atoms with Gasteiger partial charge in [0.05, 0.1) is 12.3 Å². The summed E-state index contributed by atoms with van der Waals surface area (Å²) in [4.78, 5) is 8.73. The molecule has 0 spiro atoms. The fourth-order valence-corrected chi connectivity index (χ4v) is 3.85. The van der Waals surface area contributed by atoms with Crippen LogP contribution in [0.3, 0.4) is 0 Å². The van der Waals surface area contributed by atoms with Crippen LogP contribution in [0.15, 0.2) is 0 Å². The van der Waals surface area contributed by atoms with Gasteiger partial charge in [0, 0.05) is 24.5 Å². The highest BCUT2D eigenvalue weighted by molar-refractivity contribution is 7.11. The lowest BCUT2D eigenvalue weighted by molar-refractivity contribution is -0.0283. The monoisotopic (exact) mass is 311 g/mol. The van der Waals surface area contributed by atoms with E-state index in [0.29, 0.717) is 5.92 Å². The summed E-state index contributed by atoms with van der Waals surface area (Å²) in [6.07, 6.45) is 1.32. The molecule has 0 aliphatic carbocycles. The van der Waals surface area contributed by atoms with Crippen LogP contribution in [0, 0.1) is 0 Å². The number of nitrogens with zero attached hydrogens (tertiary/aromatic N) is 2. The normalized spacial score (nSPS) is 20.3. The number of hydrogen-bond donors (Lipinski definition) is 1. The first-order valence-corrected chi connectivity index (χ1v) is 9.01. The molecule has 1 aliphatic heterocycles. The zero-order chi connectivity index (χ0) is 15.2. The maximum Gasteiger partial charge on any atom is 0.123 e. The third-order valence-corrected chi connectivity index (χ3v) is 5.04. The summed E-state index contributed by atoms with van der Waals surface area (Å²) in [6, 6.07) is 0. The van der Waals surface area contributed by atoms with Crippen molar-refractivity contribution in [3.8, 4) is 0 Å². The van der Waals surface area contributed by atoms with Crippen molar-refractivity contribution in [3.63, 3.8) is 0 Å². The lowest BCUT2D eigenvalue weighted by Crippen LogP contribution is -2.38. The van der Waals surface area contributed by atoms with Crippen LogP contribution in [0.25, 0.3) is 0 Å². The molecule has 1 saturated heterocycles. The number of thiazole rings is 1. The fraction of sp³-hybridized carbons (Fsp3) is 0.812. The van der Waals surface area contributed by atoms with Gasteiger partial charge in [-0.05, 0) is 25.4 Å². The quantitative estimate of drug-likeness (QED) is 0.785. The number of ether oxygens (including phenoxy) is 1. The topological polar surface area (TPSA) is 37.4 Å². The molecule has 1 N–H and O–H groups in total. The van der Waals surface area contributed by atoms with E-state index in [9.17, 15) is 0 Å². The average Bonchev–Trinajstić information content (AvgIpc) is 2.92. The van der Waals surface area contributed by atoms with Crippen LogP contribution in [0.4, 0.5) is 0 Å². The van der Waals surface area contributed by atoms with Crippen molar-refractivity contribution in [1.82, 2.24) is 15.2 Å².